The highest BCUT2D eigenvalue weighted by Gasteiger charge is 2.14. The molecule has 1 aliphatic rings. The predicted octanol–water partition coefficient (Wildman–Crippen LogP) is 2.01. The van der Waals surface area contributed by atoms with Gasteiger partial charge in [-0.2, -0.15) is 0 Å². The van der Waals surface area contributed by atoms with Gasteiger partial charge < -0.3 is 19.5 Å². The van der Waals surface area contributed by atoms with E-state index in [0.717, 1.165) is 19.7 Å². The van der Waals surface area contributed by atoms with Crippen molar-refractivity contribution in [2.24, 2.45) is 0 Å². The fraction of sp³-hybridized carbons (Fsp3) is 0.733. The first-order valence-electron chi connectivity index (χ1n) is 7.35. The van der Waals surface area contributed by atoms with E-state index in [2.05, 4.69) is 11.4 Å². The quantitative estimate of drug-likeness (QED) is 0.635. The average Bonchev–Trinajstić information content (AvgIpc) is 3.02. The van der Waals surface area contributed by atoms with Crippen LogP contribution in [-0.4, -0.2) is 46.7 Å². The second-order valence-electron chi connectivity index (χ2n) is 4.91. The second kappa shape index (κ2) is 9.47. The molecule has 0 saturated heterocycles. The molecule has 0 atom stereocenters. The lowest BCUT2D eigenvalue weighted by atomic mass is 10.2. The number of hydrogen-bond acceptors (Lipinski definition) is 5. The van der Waals surface area contributed by atoms with E-state index >= 15 is 0 Å². The van der Waals surface area contributed by atoms with Gasteiger partial charge in [-0.25, -0.2) is 0 Å². The molecule has 1 heterocycles. The molecule has 0 aromatic carbocycles. The zero-order valence-corrected chi connectivity index (χ0v) is 13.1. The molecule has 5 heteroatoms. The number of thiophene rings is 1. The molecular weight excluding hydrogens is 274 g/mol. The summed E-state index contributed by atoms with van der Waals surface area (Å²) < 4.78 is 15.7. The van der Waals surface area contributed by atoms with E-state index in [0.29, 0.717) is 26.4 Å². The lowest BCUT2D eigenvalue weighted by Crippen LogP contribution is -2.20. The SMILES string of the molecule is COCCOCCOCCNCc1cc2c(s1)CCC2. The number of ether oxygens (including phenoxy) is 3. The number of aryl methyl sites for hydroxylation is 2. The minimum absolute atomic E-state index is 0.640. The van der Waals surface area contributed by atoms with Crippen molar-refractivity contribution in [1.82, 2.24) is 5.32 Å². The standard InChI is InChI=1S/C15H25NO3S/c1-17-7-8-19-10-9-18-6-5-16-12-14-11-13-3-2-4-15(13)20-14/h11,16H,2-10,12H2,1H3. The van der Waals surface area contributed by atoms with Crippen molar-refractivity contribution >= 4 is 11.3 Å². The van der Waals surface area contributed by atoms with Crippen LogP contribution in [0.3, 0.4) is 0 Å². The molecular formula is C15H25NO3S. The van der Waals surface area contributed by atoms with Crippen molar-refractivity contribution in [3.63, 3.8) is 0 Å². The molecule has 1 N–H and O–H groups in total. The van der Waals surface area contributed by atoms with E-state index in [1.54, 1.807) is 17.6 Å². The van der Waals surface area contributed by atoms with Crippen LogP contribution in [0, 0.1) is 0 Å². The lowest BCUT2D eigenvalue weighted by Gasteiger charge is -2.06. The van der Waals surface area contributed by atoms with Crippen molar-refractivity contribution in [3.05, 3.63) is 21.4 Å². The van der Waals surface area contributed by atoms with Crippen LogP contribution in [-0.2, 0) is 33.6 Å². The van der Waals surface area contributed by atoms with Crippen LogP contribution >= 0.6 is 11.3 Å². The normalized spacial score (nSPS) is 13.8. The van der Waals surface area contributed by atoms with Gasteiger partial charge >= 0.3 is 0 Å². The van der Waals surface area contributed by atoms with Crippen LogP contribution < -0.4 is 5.32 Å². The van der Waals surface area contributed by atoms with Gasteiger partial charge in [0.05, 0.1) is 33.0 Å². The summed E-state index contributed by atoms with van der Waals surface area (Å²) in [7, 11) is 1.67. The molecule has 4 nitrogen and oxygen atoms in total. The number of fused-ring (bicyclic) bond motifs is 1. The van der Waals surface area contributed by atoms with Crippen molar-refractivity contribution in [3.8, 4) is 0 Å². The molecule has 0 fully saturated rings. The third-order valence-corrected chi connectivity index (χ3v) is 4.56. The highest BCUT2D eigenvalue weighted by Crippen LogP contribution is 2.30. The average molecular weight is 299 g/mol. The summed E-state index contributed by atoms with van der Waals surface area (Å²) in [6.45, 7) is 5.16. The Morgan fingerprint density at radius 1 is 1.10 bits per heavy atom. The van der Waals surface area contributed by atoms with E-state index in [1.807, 2.05) is 11.3 Å². The Balaban J connectivity index is 1.42. The summed E-state index contributed by atoms with van der Waals surface area (Å²) in [5, 5.41) is 3.43. The van der Waals surface area contributed by atoms with Crippen molar-refractivity contribution < 1.29 is 14.2 Å². The fourth-order valence-corrected chi connectivity index (χ4v) is 3.53. The van der Waals surface area contributed by atoms with Crippen molar-refractivity contribution in [1.29, 1.82) is 0 Å². The molecule has 1 aromatic heterocycles. The fourth-order valence-electron chi connectivity index (χ4n) is 2.30. The Kier molecular flexibility index (Phi) is 7.54. The van der Waals surface area contributed by atoms with Gasteiger partial charge in [0.25, 0.3) is 0 Å². The van der Waals surface area contributed by atoms with Gasteiger partial charge in [0.1, 0.15) is 0 Å². The van der Waals surface area contributed by atoms with Gasteiger partial charge in [-0.1, -0.05) is 0 Å². The molecule has 20 heavy (non-hydrogen) atoms. The maximum Gasteiger partial charge on any atom is 0.0701 e. The second-order valence-corrected chi connectivity index (χ2v) is 6.13. The summed E-state index contributed by atoms with van der Waals surface area (Å²) in [4.78, 5) is 3.06. The molecule has 0 spiro atoms. The minimum atomic E-state index is 0.640. The number of hydrogen-bond donors (Lipinski definition) is 1. The van der Waals surface area contributed by atoms with Gasteiger partial charge in [0, 0.05) is 30.0 Å². The van der Waals surface area contributed by atoms with Crippen molar-refractivity contribution in [2.45, 2.75) is 25.8 Å². The third kappa shape index (κ3) is 5.50. The van der Waals surface area contributed by atoms with Crippen LogP contribution in [0.25, 0.3) is 0 Å². The predicted molar refractivity (Wildman–Crippen MR) is 81.6 cm³/mol. The van der Waals surface area contributed by atoms with Gasteiger partial charge in [0.2, 0.25) is 0 Å². The zero-order valence-electron chi connectivity index (χ0n) is 12.3. The summed E-state index contributed by atoms with van der Waals surface area (Å²) >= 11 is 1.97. The first-order chi connectivity index (χ1) is 9.90. The first-order valence-corrected chi connectivity index (χ1v) is 8.17. The molecule has 0 saturated carbocycles. The van der Waals surface area contributed by atoms with Crippen LogP contribution in [0.5, 0.6) is 0 Å². The number of rotatable bonds is 11. The molecule has 1 aromatic rings. The molecule has 0 radical (unpaired) electrons. The van der Waals surface area contributed by atoms with Crippen molar-refractivity contribution in [2.75, 3.05) is 46.7 Å². The van der Waals surface area contributed by atoms with Crippen LogP contribution in [0.2, 0.25) is 0 Å². The zero-order chi connectivity index (χ0) is 14.0. The van der Waals surface area contributed by atoms with E-state index in [1.165, 1.54) is 24.1 Å². The van der Waals surface area contributed by atoms with Crippen LogP contribution in [0.1, 0.15) is 21.7 Å². The van der Waals surface area contributed by atoms with Gasteiger partial charge in [-0.05, 0) is 30.9 Å². The molecule has 2 rings (SSSR count). The largest absolute Gasteiger partial charge is 0.382 e. The summed E-state index contributed by atoms with van der Waals surface area (Å²) in [5.74, 6) is 0. The van der Waals surface area contributed by atoms with Gasteiger partial charge in [-0.15, -0.1) is 11.3 Å². The van der Waals surface area contributed by atoms with Crippen LogP contribution in [0.4, 0.5) is 0 Å². The Labute approximate surface area is 125 Å². The van der Waals surface area contributed by atoms with Gasteiger partial charge in [-0.3, -0.25) is 0 Å². The number of nitrogens with one attached hydrogen (secondary N) is 1. The molecule has 0 amide bonds. The highest BCUT2D eigenvalue weighted by molar-refractivity contribution is 7.12. The summed E-state index contributed by atoms with van der Waals surface area (Å²) in [6, 6.07) is 2.37. The first kappa shape index (κ1) is 15.9. The molecule has 114 valence electrons. The molecule has 0 aliphatic heterocycles. The van der Waals surface area contributed by atoms with Crippen LogP contribution in [0.15, 0.2) is 6.07 Å². The Hall–Kier alpha value is -0.460. The van der Waals surface area contributed by atoms with E-state index < -0.39 is 0 Å². The minimum Gasteiger partial charge on any atom is -0.382 e. The van der Waals surface area contributed by atoms with E-state index in [-0.39, 0.29) is 0 Å². The monoisotopic (exact) mass is 299 g/mol. The van der Waals surface area contributed by atoms with E-state index in [4.69, 9.17) is 14.2 Å². The summed E-state index contributed by atoms with van der Waals surface area (Å²) in [6.07, 6.45) is 3.90. The maximum absolute atomic E-state index is 5.49. The third-order valence-electron chi connectivity index (χ3n) is 3.32. The molecule has 0 unspecified atom stereocenters. The number of methoxy groups -OCH3 is 1. The topological polar surface area (TPSA) is 39.7 Å². The highest BCUT2D eigenvalue weighted by atomic mass is 32.1. The Bertz CT molecular complexity index is 360. The Morgan fingerprint density at radius 3 is 2.70 bits per heavy atom. The maximum atomic E-state index is 5.49. The van der Waals surface area contributed by atoms with E-state index in [9.17, 15) is 0 Å². The Morgan fingerprint density at radius 2 is 1.90 bits per heavy atom. The molecule has 1 aliphatic carbocycles. The van der Waals surface area contributed by atoms with Gasteiger partial charge in [0.15, 0.2) is 0 Å². The molecule has 0 bridgehead atoms. The lowest BCUT2D eigenvalue weighted by molar-refractivity contribution is 0.0255. The summed E-state index contributed by atoms with van der Waals surface area (Å²) in [5.41, 5.74) is 1.58. The smallest absolute Gasteiger partial charge is 0.0701 e.